The molecule has 0 aromatic carbocycles. The predicted octanol–water partition coefficient (Wildman–Crippen LogP) is 4.11. The average molecular weight is 459 g/mol. The minimum absolute atomic E-state index is 0.0788. The van der Waals surface area contributed by atoms with Gasteiger partial charge in [-0.2, -0.15) is 11.8 Å². The van der Waals surface area contributed by atoms with Gasteiger partial charge in [0.1, 0.15) is 11.8 Å². The smallest absolute Gasteiger partial charge is 0.178 e. The summed E-state index contributed by atoms with van der Waals surface area (Å²) in [6.45, 7) is 5.50. The van der Waals surface area contributed by atoms with Crippen molar-refractivity contribution in [2.24, 2.45) is 22.7 Å². The first-order valence-electron chi connectivity index (χ1n) is 11.6. The maximum atomic E-state index is 17.1. The van der Waals surface area contributed by atoms with Crippen LogP contribution in [0, 0.1) is 22.7 Å². The number of thioether (sulfide) groups is 1. The van der Waals surface area contributed by atoms with Crippen molar-refractivity contribution in [2.45, 2.75) is 101 Å². The lowest BCUT2D eigenvalue weighted by molar-refractivity contribution is -0.249. The number of aliphatic hydroxyl groups is 3. The molecule has 0 spiro atoms. The molecule has 0 amide bonds. The van der Waals surface area contributed by atoms with Gasteiger partial charge in [-0.15, -0.1) is 0 Å². The highest BCUT2D eigenvalue weighted by molar-refractivity contribution is 8.00. The van der Waals surface area contributed by atoms with Crippen LogP contribution in [0.3, 0.4) is 0 Å². The number of hydrogen-bond acceptors (Lipinski definition) is 5. The second kappa shape index (κ2) is 7.25. The van der Waals surface area contributed by atoms with E-state index < -0.39 is 45.2 Å². The van der Waals surface area contributed by atoms with Crippen LogP contribution >= 0.6 is 11.8 Å². The van der Waals surface area contributed by atoms with E-state index >= 15 is 8.78 Å². The molecule has 0 radical (unpaired) electrons. The van der Waals surface area contributed by atoms with E-state index in [-0.39, 0.29) is 49.4 Å². The van der Waals surface area contributed by atoms with Crippen molar-refractivity contribution >= 4 is 17.5 Å². The SMILES string of the molecule is CCCC(O)(O)C1(SC)CC[C@H]2[C@@H]3CC(F)C4=CC(=O)CC[C@]4(C)[C@]3(F)C(O)C[C@@]21C. The molecular weight excluding hydrogens is 422 g/mol. The van der Waals surface area contributed by atoms with Gasteiger partial charge in [-0.3, -0.25) is 4.79 Å². The van der Waals surface area contributed by atoms with Crippen LogP contribution in [0.25, 0.3) is 0 Å². The lowest BCUT2D eigenvalue weighted by atomic mass is 9.43. The Morgan fingerprint density at radius 3 is 2.55 bits per heavy atom. The highest BCUT2D eigenvalue weighted by Crippen LogP contribution is 2.73. The third-order valence-electron chi connectivity index (χ3n) is 9.74. The number of rotatable bonds is 4. The molecule has 3 N–H and O–H groups in total. The van der Waals surface area contributed by atoms with Crippen LogP contribution in [0.5, 0.6) is 0 Å². The van der Waals surface area contributed by atoms with Crippen molar-refractivity contribution in [2.75, 3.05) is 6.26 Å². The third kappa shape index (κ3) is 2.72. The van der Waals surface area contributed by atoms with Crippen molar-refractivity contribution in [1.82, 2.24) is 0 Å². The fraction of sp³-hybridized carbons (Fsp3) is 0.875. The van der Waals surface area contributed by atoms with Gasteiger partial charge in [-0.05, 0) is 61.3 Å². The number of fused-ring (bicyclic) bond motifs is 5. The van der Waals surface area contributed by atoms with Crippen LogP contribution < -0.4 is 0 Å². The number of allylic oxidation sites excluding steroid dienone is 1. The summed E-state index contributed by atoms with van der Waals surface area (Å²) >= 11 is 1.39. The van der Waals surface area contributed by atoms with Crippen molar-refractivity contribution in [3.63, 3.8) is 0 Å². The van der Waals surface area contributed by atoms with E-state index in [1.165, 1.54) is 17.8 Å². The van der Waals surface area contributed by atoms with Crippen molar-refractivity contribution in [3.8, 4) is 0 Å². The molecule has 3 saturated carbocycles. The Kier molecular flexibility index (Phi) is 5.53. The van der Waals surface area contributed by atoms with Crippen LogP contribution in [-0.2, 0) is 4.79 Å². The molecule has 4 nitrogen and oxygen atoms in total. The molecule has 0 aromatic rings. The maximum Gasteiger partial charge on any atom is 0.178 e. The van der Waals surface area contributed by atoms with E-state index in [4.69, 9.17) is 0 Å². The van der Waals surface area contributed by atoms with E-state index in [2.05, 4.69) is 0 Å². The summed E-state index contributed by atoms with van der Waals surface area (Å²) in [4.78, 5) is 12.0. The number of ketones is 1. The van der Waals surface area contributed by atoms with E-state index in [1.807, 2.05) is 20.1 Å². The normalized spacial score (nSPS) is 49.8. The van der Waals surface area contributed by atoms with Crippen LogP contribution in [0.4, 0.5) is 8.78 Å². The van der Waals surface area contributed by atoms with Gasteiger partial charge >= 0.3 is 0 Å². The lowest BCUT2D eigenvalue weighted by Crippen LogP contribution is -2.71. The summed E-state index contributed by atoms with van der Waals surface area (Å²) < 4.78 is 31.6. The fourth-order valence-electron chi connectivity index (χ4n) is 8.25. The predicted molar refractivity (Wildman–Crippen MR) is 117 cm³/mol. The first kappa shape index (κ1) is 23.7. The van der Waals surface area contributed by atoms with Crippen molar-refractivity contribution in [3.05, 3.63) is 11.6 Å². The Morgan fingerprint density at radius 1 is 1.26 bits per heavy atom. The molecule has 176 valence electrons. The number of halogens is 2. The third-order valence-corrected chi connectivity index (χ3v) is 11.4. The van der Waals surface area contributed by atoms with Crippen LogP contribution in [0.1, 0.15) is 72.1 Å². The fourth-order valence-corrected chi connectivity index (χ4v) is 9.71. The summed E-state index contributed by atoms with van der Waals surface area (Å²) in [7, 11) is 0. The zero-order chi connectivity index (χ0) is 23.0. The van der Waals surface area contributed by atoms with E-state index in [0.29, 0.717) is 19.3 Å². The summed E-state index contributed by atoms with van der Waals surface area (Å²) in [5, 5.41) is 33.7. The Bertz CT molecular complexity index is 802. The molecule has 0 aromatic heterocycles. The van der Waals surface area contributed by atoms with Gasteiger partial charge in [0.2, 0.25) is 0 Å². The molecule has 8 atom stereocenters. The van der Waals surface area contributed by atoms with Crippen LogP contribution in [-0.4, -0.2) is 55.8 Å². The first-order valence-corrected chi connectivity index (χ1v) is 12.8. The molecule has 4 aliphatic carbocycles. The topological polar surface area (TPSA) is 77.8 Å². The Labute approximate surface area is 187 Å². The minimum Gasteiger partial charge on any atom is -0.390 e. The molecule has 0 saturated heterocycles. The molecule has 4 rings (SSSR count). The number of aliphatic hydroxyl groups excluding tert-OH is 1. The lowest BCUT2D eigenvalue weighted by Gasteiger charge is -2.65. The van der Waals surface area contributed by atoms with Gasteiger partial charge in [-0.25, -0.2) is 8.78 Å². The molecule has 3 unspecified atom stereocenters. The molecule has 0 bridgehead atoms. The van der Waals surface area contributed by atoms with E-state index in [0.717, 1.165) is 0 Å². The van der Waals surface area contributed by atoms with Gasteiger partial charge in [0.05, 0.1) is 10.9 Å². The number of hydrogen-bond donors (Lipinski definition) is 3. The molecule has 7 heteroatoms. The second-order valence-corrected chi connectivity index (χ2v) is 12.0. The number of carbonyl (C=O) groups excluding carboxylic acids is 1. The molecule has 4 aliphatic rings. The van der Waals surface area contributed by atoms with Crippen LogP contribution in [0.15, 0.2) is 11.6 Å². The number of alkyl halides is 2. The molecule has 0 heterocycles. The molecule has 31 heavy (non-hydrogen) atoms. The summed E-state index contributed by atoms with van der Waals surface area (Å²) in [6.07, 6.45) is 2.52. The highest BCUT2D eigenvalue weighted by atomic mass is 32.2. The van der Waals surface area contributed by atoms with Gasteiger partial charge in [0.25, 0.3) is 0 Å². The largest absolute Gasteiger partial charge is 0.390 e. The van der Waals surface area contributed by atoms with Gasteiger partial charge in [0, 0.05) is 24.2 Å². The summed E-state index contributed by atoms with van der Waals surface area (Å²) in [5.74, 6) is -3.16. The zero-order valence-electron chi connectivity index (χ0n) is 19.0. The van der Waals surface area contributed by atoms with Crippen LogP contribution in [0.2, 0.25) is 0 Å². The summed E-state index contributed by atoms with van der Waals surface area (Å²) in [5.41, 5.74) is -3.83. The first-order chi connectivity index (χ1) is 14.3. The van der Waals surface area contributed by atoms with Gasteiger partial charge < -0.3 is 15.3 Å². The van der Waals surface area contributed by atoms with Crippen molar-refractivity contribution in [1.29, 1.82) is 0 Å². The maximum absolute atomic E-state index is 17.1. The van der Waals surface area contributed by atoms with Gasteiger partial charge in [0.15, 0.2) is 11.6 Å². The average Bonchev–Trinajstić information content (AvgIpc) is 2.99. The Balaban J connectivity index is 1.83. The highest BCUT2D eigenvalue weighted by Gasteiger charge is 2.76. The number of carbonyl (C=O) groups is 1. The molecule has 3 fully saturated rings. The van der Waals surface area contributed by atoms with E-state index in [1.54, 1.807) is 6.92 Å². The van der Waals surface area contributed by atoms with E-state index in [9.17, 15) is 20.1 Å². The van der Waals surface area contributed by atoms with Crippen molar-refractivity contribution < 1.29 is 28.9 Å². The molecular formula is C24H36F2O4S. The standard InChI is InChI=1S/C24H36F2O4S/c1-5-8-23(29,30)22(31-4)10-7-15-16-12-18(25)17-11-14(27)6-9-20(17,2)24(16,26)19(28)13-21(15,22)3/h11,15-16,18-19,28-30H,5-10,12-13H2,1-4H3/t15-,16-,18?,19?,20-,21-,22?,24+/m0/s1. The minimum atomic E-state index is -2.04. The zero-order valence-corrected chi connectivity index (χ0v) is 19.8. The quantitative estimate of drug-likeness (QED) is 0.553. The Hall–Kier alpha value is -0.500. The summed E-state index contributed by atoms with van der Waals surface area (Å²) in [6, 6.07) is 0. The Morgan fingerprint density at radius 2 is 1.94 bits per heavy atom. The second-order valence-electron chi connectivity index (χ2n) is 10.9. The monoisotopic (exact) mass is 458 g/mol. The molecule has 0 aliphatic heterocycles. The van der Waals surface area contributed by atoms with Gasteiger partial charge in [-0.1, -0.05) is 27.2 Å².